The van der Waals surface area contributed by atoms with Gasteiger partial charge < -0.3 is 16.4 Å². The van der Waals surface area contributed by atoms with Crippen LogP contribution >= 0.6 is 11.8 Å². The van der Waals surface area contributed by atoms with Gasteiger partial charge in [-0.2, -0.15) is 0 Å². The fourth-order valence-electron chi connectivity index (χ4n) is 1.60. The Kier molecular flexibility index (Phi) is 6.37. The third kappa shape index (κ3) is 6.25. The van der Waals surface area contributed by atoms with Crippen LogP contribution in [0.15, 0.2) is 12.7 Å². The summed E-state index contributed by atoms with van der Waals surface area (Å²) in [4.78, 5) is 33.7. The molecule has 3 amide bonds. The molecule has 0 radical (unpaired) electrons. The zero-order chi connectivity index (χ0) is 14.3. The summed E-state index contributed by atoms with van der Waals surface area (Å²) in [5.74, 6) is -0.554. The summed E-state index contributed by atoms with van der Waals surface area (Å²) in [5.41, 5.74) is 4.71. The molecule has 106 valence electrons. The number of primary amides is 1. The van der Waals surface area contributed by atoms with Crippen LogP contribution < -0.4 is 21.7 Å². The molecular formula is C11H18N4O3S. The minimum Gasteiger partial charge on any atom is -0.370 e. The van der Waals surface area contributed by atoms with Crippen LogP contribution in [0.4, 0.5) is 0 Å². The second-order valence-corrected chi connectivity index (χ2v) is 5.18. The zero-order valence-corrected chi connectivity index (χ0v) is 11.3. The molecule has 0 aromatic carbocycles. The molecule has 5 N–H and O–H groups in total. The number of thioether (sulfide) groups is 1. The highest BCUT2D eigenvalue weighted by atomic mass is 32.2. The van der Waals surface area contributed by atoms with Gasteiger partial charge in [-0.3, -0.25) is 19.7 Å². The summed E-state index contributed by atoms with van der Waals surface area (Å²) in [6.45, 7) is 3.91. The van der Waals surface area contributed by atoms with E-state index in [0.717, 1.165) is 0 Å². The Morgan fingerprint density at radius 1 is 1.58 bits per heavy atom. The van der Waals surface area contributed by atoms with Crippen molar-refractivity contribution >= 4 is 29.5 Å². The monoisotopic (exact) mass is 286 g/mol. The Bertz CT molecular complexity index is 373. The number of rotatable bonds is 7. The first-order valence-corrected chi connectivity index (χ1v) is 6.89. The largest absolute Gasteiger partial charge is 0.370 e. The Morgan fingerprint density at radius 3 is 2.95 bits per heavy atom. The van der Waals surface area contributed by atoms with Crippen molar-refractivity contribution in [1.82, 2.24) is 16.0 Å². The lowest BCUT2D eigenvalue weighted by molar-refractivity contribution is -0.124. The lowest BCUT2D eigenvalue weighted by Crippen LogP contribution is -2.55. The average molecular weight is 286 g/mol. The molecule has 8 heteroatoms. The van der Waals surface area contributed by atoms with Crippen molar-refractivity contribution in [3.63, 3.8) is 0 Å². The molecule has 1 aliphatic heterocycles. The van der Waals surface area contributed by atoms with Crippen LogP contribution in [0.5, 0.6) is 0 Å². The molecule has 7 nitrogen and oxygen atoms in total. The molecular weight excluding hydrogens is 268 g/mol. The zero-order valence-electron chi connectivity index (χ0n) is 10.5. The molecule has 0 aromatic rings. The van der Waals surface area contributed by atoms with Crippen LogP contribution in [-0.2, 0) is 14.4 Å². The summed E-state index contributed by atoms with van der Waals surface area (Å²) in [5, 5.41) is 8.38. The fraction of sp³-hybridized carbons (Fsp3) is 0.545. The molecule has 0 spiro atoms. The fourth-order valence-corrected chi connectivity index (χ4v) is 2.53. The molecule has 1 rings (SSSR count). The second kappa shape index (κ2) is 7.80. The molecule has 1 saturated heterocycles. The smallest absolute Gasteiger partial charge is 0.230 e. The van der Waals surface area contributed by atoms with Gasteiger partial charge in [-0.05, 0) is 0 Å². The van der Waals surface area contributed by atoms with E-state index in [0.29, 0.717) is 6.54 Å². The van der Waals surface area contributed by atoms with Gasteiger partial charge in [0.2, 0.25) is 17.7 Å². The number of carbonyl (C=O) groups is 3. The van der Waals surface area contributed by atoms with Crippen LogP contribution in [0.1, 0.15) is 12.8 Å². The highest BCUT2D eigenvalue weighted by Gasteiger charge is 2.27. The average Bonchev–Trinajstić information content (AvgIpc) is 2.32. The molecule has 0 aromatic heterocycles. The molecule has 2 atom stereocenters. The van der Waals surface area contributed by atoms with Crippen molar-refractivity contribution in [3.8, 4) is 0 Å². The van der Waals surface area contributed by atoms with Crippen molar-refractivity contribution in [2.75, 3.05) is 12.3 Å². The number of hydrogen-bond donors (Lipinski definition) is 4. The Morgan fingerprint density at radius 2 is 2.32 bits per heavy atom. The van der Waals surface area contributed by atoms with Crippen molar-refractivity contribution < 1.29 is 14.4 Å². The van der Waals surface area contributed by atoms with E-state index in [1.54, 1.807) is 6.08 Å². The van der Waals surface area contributed by atoms with Gasteiger partial charge in [0.25, 0.3) is 0 Å². The van der Waals surface area contributed by atoms with Crippen molar-refractivity contribution in [3.05, 3.63) is 12.7 Å². The maximum Gasteiger partial charge on any atom is 0.230 e. The van der Waals surface area contributed by atoms with Crippen LogP contribution in [0.2, 0.25) is 0 Å². The van der Waals surface area contributed by atoms with Gasteiger partial charge in [-0.25, -0.2) is 0 Å². The lowest BCUT2D eigenvalue weighted by Gasteiger charge is -2.30. The van der Waals surface area contributed by atoms with Crippen molar-refractivity contribution in [1.29, 1.82) is 0 Å². The van der Waals surface area contributed by atoms with E-state index in [4.69, 9.17) is 5.73 Å². The number of carbonyl (C=O) groups excluding carboxylic acids is 3. The maximum absolute atomic E-state index is 11.5. The van der Waals surface area contributed by atoms with E-state index in [1.807, 2.05) is 0 Å². The van der Waals surface area contributed by atoms with E-state index >= 15 is 0 Å². The molecule has 1 heterocycles. The summed E-state index contributed by atoms with van der Waals surface area (Å²) in [6, 6.07) is -0.278. The molecule has 19 heavy (non-hydrogen) atoms. The predicted octanol–water partition coefficient (Wildman–Crippen LogP) is -1.34. The molecule has 1 aliphatic rings. The van der Waals surface area contributed by atoms with E-state index in [1.165, 1.54) is 11.8 Å². The Labute approximate surface area is 115 Å². The first-order valence-electron chi connectivity index (χ1n) is 5.84. The molecule has 2 unspecified atom stereocenters. The van der Waals surface area contributed by atoms with Gasteiger partial charge in [0.1, 0.15) is 5.50 Å². The third-order valence-electron chi connectivity index (χ3n) is 2.38. The van der Waals surface area contributed by atoms with Gasteiger partial charge in [0, 0.05) is 25.4 Å². The van der Waals surface area contributed by atoms with Crippen LogP contribution in [0, 0.1) is 0 Å². The topological polar surface area (TPSA) is 113 Å². The number of nitrogens with two attached hydrogens (primary N) is 1. The van der Waals surface area contributed by atoms with Crippen LogP contribution in [0.3, 0.4) is 0 Å². The van der Waals surface area contributed by atoms with Crippen LogP contribution in [0.25, 0.3) is 0 Å². The van der Waals surface area contributed by atoms with E-state index in [-0.39, 0.29) is 41.9 Å². The van der Waals surface area contributed by atoms with Gasteiger partial charge in [-0.1, -0.05) is 6.08 Å². The summed E-state index contributed by atoms with van der Waals surface area (Å²) in [7, 11) is 0. The summed E-state index contributed by atoms with van der Waals surface area (Å²) in [6.07, 6.45) is 1.90. The highest BCUT2D eigenvalue weighted by molar-refractivity contribution is 8.00. The third-order valence-corrected chi connectivity index (χ3v) is 3.40. The lowest BCUT2D eigenvalue weighted by atomic mass is 10.1. The normalized spacial score (nSPS) is 22.4. The summed E-state index contributed by atoms with van der Waals surface area (Å²) < 4.78 is 0. The highest BCUT2D eigenvalue weighted by Crippen LogP contribution is 2.13. The van der Waals surface area contributed by atoms with Gasteiger partial charge >= 0.3 is 0 Å². The van der Waals surface area contributed by atoms with Crippen LogP contribution in [-0.4, -0.2) is 41.6 Å². The molecule has 0 aliphatic carbocycles. The number of nitrogens with one attached hydrogen (secondary N) is 3. The standard InChI is InChI=1S/C11H18N4O3S/c1-2-3-13-10(18)6-19-11-14-7(4-8(12)16)5-9(17)15-11/h2,7,11,14H,1,3-6H2,(H2,12,16)(H,13,18)(H,15,17). The van der Waals surface area contributed by atoms with Gasteiger partial charge in [-0.15, -0.1) is 18.3 Å². The van der Waals surface area contributed by atoms with Gasteiger partial charge in [0.15, 0.2) is 0 Å². The van der Waals surface area contributed by atoms with E-state index in [9.17, 15) is 14.4 Å². The SMILES string of the molecule is C=CCNC(=O)CSC1NC(=O)CC(CC(N)=O)N1. The maximum atomic E-state index is 11.5. The predicted molar refractivity (Wildman–Crippen MR) is 72.9 cm³/mol. The molecule has 0 bridgehead atoms. The first-order chi connectivity index (χ1) is 9.01. The quantitative estimate of drug-likeness (QED) is 0.433. The van der Waals surface area contributed by atoms with Gasteiger partial charge in [0.05, 0.1) is 5.75 Å². The Balaban J connectivity index is 2.36. The minimum absolute atomic E-state index is 0.104. The molecule has 1 fully saturated rings. The van der Waals surface area contributed by atoms with E-state index in [2.05, 4.69) is 22.5 Å². The Hall–Kier alpha value is -1.54. The minimum atomic E-state index is -0.459. The number of hydrogen-bond acceptors (Lipinski definition) is 5. The first kappa shape index (κ1) is 15.5. The summed E-state index contributed by atoms with van der Waals surface area (Å²) >= 11 is 1.25. The second-order valence-electron chi connectivity index (χ2n) is 4.09. The van der Waals surface area contributed by atoms with E-state index < -0.39 is 5.91 Å². The van der Waals surface area contributed by atoms with Crippen molar-refractivity contribution in [2.24, 2.45) is 5.73 Å². The number of amides is 3. The van der Waals surface area contributed by atoms with Crippen molar-refractivity contribution in [2.45, 2.75) is 24.4 Å². The molecule has 0 saturated carbocycles.